The number of benzene rings is 2. The van der Waals surface area contributed by atoms with E-state index < -0.39 is 0 Å². The third-order valence-electron chi connectivity index (χ3n) is 3.62. The van der Waals surface area contributed by atoms with Crippen molar-refractivity contribution in [1.29, 1.82) is 0 Å². The summed E-state index contributed by atoms with van der Waals surface area (Å²) in [7, 11) is 0. The molecule has 2 aromatic carbocycles. The molecule has 0 saturated carbocycles. The van der Waals surface area contributed by atoms with Gasteiger partial charge in [0.15, 0.2) is 6.61 Å². The highest BCUT2D eigenvalue weighted by Gasteiger charge is 2.07. The molecule has 0 atom stereocenters. The number of hydrogen-bond donors (Lipinski definition) is 1. The van der Waals surface area contributed by atoms with Gasteiger partial charge in [-0.15, -0.1) is 11.8 Å². The van der Waals surface area contributed by atoms with Crippen molar-refractivity contribution >= 4 is 35.2 Å². The van der Waals surface area contributed by atoms with Gasteiger partial charge in [0.25, 0.3) is 5.91 Å². The van der Waals surface area contributed by atoms with Crippen LogP contribution in [0.3, 0.4) is 0 Å². The molecule has 0 aliphatic rings. The molecule has 0 aliphatic heterocycles. The summed E-state index contributed by atoms with van der Waals surface area (Å²) in [6, 6.07) is 15.6. The Labute approximate surface area is 163 Å². The number of hydrogen-bond acceptors (Lipinski definition) is 4. The fraction of sp³-hybridized carbons (Fsp3) is 0.300. The van der Waals surface area contributed by atoms with Crippen molar-refractivity contribution < 1.29 is 14.3 Å². The standard InChI is InChI=1S/C20H22ClNO3S/c1-15-2-4-17(5-3-15)13-26-14-20(24)25-12-19(23)22-11-10-16-6-8-18(21)9-7-16/h2-9H,10-14H2,1H3,(H,22,23). The van der Waals surface area contributed by atoms with Crippen LogP contribution in [-0.4, -0.2) is 30.8 Å². The van der Waals surface area contributed by atoms with Crippen molar-refractivity contribution in [3.63, 3.8) is 0 Å². The van der Waals surface area contributed by atoms with E-state index in [0.717, 1.165) is 16.9 Å². The van der Waals surface area contributed by atoms with Crippen molar-refractivity contribution in [2.45, 2.75) is 19.1 Å². The molecule has 138 valence electrons. The van der Waals surface area contributed by atoms with Gasteiger partial charge in [-0.1, -0.05) is 53.6 Å². The Morgan fingerprint density at radius 1 is 1.04 bits per heavy atom. The molecule has 0 unspecified atom stereocenters. The van der Waals surface area contributed by atoms with E-state index in [1.54, 1.807) is 0 Å². The van der Waals surface area contributed by atoms with Crippen molar-refractivity contribution in [2.75, 3.05) is 18.9 Å². The summed E-state index contributed by atoms with van der Waals surface area (Å²) >= 11 is 7.30. The minimum absolute atomic E-state index is 0.228. The summed E-state index contributed by atoms with van der Waals surface area (Å²) < 4.78 is 4.99. The van der Waals surface area contributed by atoms with Gasteiger partial charge in [-0.3, -0.25) is 9.59 Å². The average Bonchev–Trinajstić information content (AvgIpc) is 2.63. The Balaban J connectivity index is 1.55. The largest absolute Gasteiger partial charge is 0.455 e. The highest BCUT2D eigenvalue weighted by Crippen LogP contribution is 2.13. The second kappa shape index (κ2) is 10.9. The molecule has 0 saturated heterocycles. The quantitative estimate of drug-likeness (QED) is 0.661. The van der Waals surface area contributed by atoms with E-state index in [1.165, 1.54) is 17.3 Å². The molecular weight excluding hydrogens is 370 g/mol. The molecular formula is C20H22ClNO3S. The minimum Gasteiger partial charge on any atom is -0.455 e. The molecule has 1 N–H and O–H groups in total. The molecule has 0 radical (unpaired) electrons. The third-order valence-corrected chi connectivity index (χ3v) is 4.85. The Hall–Kier alpha value is -1.98. The molecule has 0 heterocycles. The Kier molecular flexibility index (Phi) is 8.51. The van der Waals surface area contributed by atoms with Crippen LogP contribution in [0.25, 0.3) is 0 Å². The van der Waals surface area contributed by atoms with Gasteiger partial charge in [-0.2, -0.15) is 0 Å². The van der Waals surface area contributed by atoms with Gasteiger partial charge in [0.2, 0.25) is 0 Å². The Morgan fingerprint density at radius 2 is 1.69 bits per heavy atom. The van der Waals surface area contributed by atoms with E-state index >= 15 is 0 Å². The maximum atomic E-state index is 11.7. The monoisotopic (exact) mass is 391 g/mol. The van der Waals surface area contributed by atoms with Crippen molar-refractivity contribution in [3.8, 4) is 0 Å². The Morgan fingerprint density at radius 3 is 2.38 bits per heavy atom. The van der Waals surface area contributed by atoms with Crippen LogP contribution >= 0.6 is 23.4 Å². The summed E-state index contributed by atoms with van der Waals surface area (Å²) in [6.07, 6.45) is 0.698. The highest BCUT2D eigenvalue weighted by atomic mass is 35.5. The molecule has 0 aliphatic carbocycles. The van der Waals surface area contributed by atoms with Crippen LogP contribution in [0.15, 0.2) is 48.5 Å². The molecule has 2 rings (SSSR count). The maximum Gasteiger partial charge on any atom is 0.316 e. The number of rotatable bonds is 9. The second-order valence-electron chi connectivity index (χ2n) is 5.87. The summed E-state index contributed by atoms with van der Waals surface area (Å²) in [5.41, 5.74) is 3.45. The molecule has 26 heavy (non-hydrogen) atoms. The molecule has 0 aromatic heterocycles. The molecule has 0 bridgehead atoms. The number of carbonyl (C=O) groups excluding carboxylic acids is 2. The number of carbonyl (C=O) groups is 2. The number of thioether (sulfide) groups is 1. The SMILES string of the molecule is Cc1ccc(CSCC(=O)OCC(=O)NCCc2ccc(Cl)cc2)cc1. The fourth-order valence-corrected chi connectivity index (χ4v) is 3.08. The first-order chi connectivity index (χ1) is 12.5. The predicted octanol–water partition coefficient (Wildman–Crippen LogP) is 3.78. The number of halogens is 1. The third kappa shape index (κ3) is 7.93. The molecule has 2 aromatic rings. The number of ether oxygens (including phenoxy) is 1. The first-order valence-electron chi connectivity index (χ1n) is 8.33. The number of aryl methyl sites for hydroxylation is 1. The lowest BCUT2D eigenvalue weighted by Crippen LogP contribution is -2.30. The van der Waals surface area contributed by atoms with Crippen molar-refractivity contribution in [3.05, 3.63) is 70.2 Å². The summed E-state index contributed by atoms with van der Waals surface area (Å²) in [5, 5.41) is 3.42. The first kappa shape index (κ1) is 20.3. The zero-order valence-corrected chi connectivity index (χ0v) is 16.2. The van der Waals surface area contributed by atoms with Crippen LogP contribution in [0.1, 0.15) is 16.7 Å². The van der Waals surface area contributed by atoms with Gasteiger partial charge >= 0.3 is 5.97 Å². The van der Waals surface area contributed by atoms with Gasteiger partial charge in [0, 0.05) is 17.3 Å². The molecule has 1 amide bonds. The van der Waals surface area contributed by atoms with E-state index in [9.17, 15) is 9.59 Å². The lowest BCUT2D eigenvalue weighted by atomic mass is 10.1. The van der Waals surface area contributed by atoms with Gasteiger partial charge in [-0.05, 0) is 36.6 Å². The van der Waals surface area contributed by atoms with Crippen LogP contribution in [0, 0.1) is 6.92 Å². The van der Waals surface area contributed by atoms with Crippen LogP contribution in [-0.2, 0) is 26.5 Å². The number of amides is 1. The van der Waals surface area contributed by atoms with Gasteiger partial charge in [0.1, 0.15) is 0 Å². The van der Waals surface area contributed by atoms with Crippen LogP contribution < -0.4 is 5.32 Å². The second-order valence-corrected chi connectivity index (χ2v) is 7.29. The van der Waals surface area contributed by atoms with E-state index in [4.69, 9.17) is 16.3 Å². The van der Waals surface area contributed by atoms with E-state index in [1.807, 2.05) is 55.5 Å². The lowest BCUT2D eigenvalue weighted by molar-refractivity contribution is -0.145. The van der Waals surface area contributed by atoms with Crippen LogP contribution in [0.5, 0.6) is 0 Å². The number of esters is 1. The van der Waals surface area contributed by atoms with E-state index in [2.05, 4.69) is 5.32 Å². The van der Waals surface area contributed by atoms with Crippen molar-refractivity contribution in [2.24, 2.45) is 0 Å². The van der Waals surface area contributed by atoms with E-state index in [-0.39, 0.29) is 24.2 Å². The topological polar surface area (TPSA) is 55.4 Å². The predicted molar refractivity (Wildman–Crippen MR) is 106 cm³/mol. The minimum atomic E-state index is -0.380. The normalized spacial score (nSPS) is 10.4. The van der Waals surface area contributed by atoms with Gasteiger partial charge in [0.05, 0.1) is 5.75 Å². The Bertz CT molecular complexity index is 653. The number of nitrogens with one attached hydrogen (secondary N) is 1. The zero-order chi connectivity index (χ0) is 18.8. The smallest absolute Gasteiger partial charge is 0.316 e. The van der Waals surface area contributed by atoms with Gasteiger partial charge < -0.3 is 10.1 Å². The van der Waals surface area contributed by atoms with Gasteiger partial charge in [-0.25, -0.2) is 0 Å². The zero-order valence-electron chi connectivity index (χ0n) is 14.7. The van der Waals surface area contributed by atoms with Crippen molar-refractivity contribution in [1.82, 2.24) is 5.32 Å². The summed E-state index contributed by atoms with van der Waals surface area (Å²) in [6.45, 7) is 2.28. The summed E-state index contributed by atoms with van der Waals surface area (Å²) in [4.78, 5) is 23.4. The highest BCUT2D eigenvalue weighted by molar-refractivity contribution is 7.99. The molecule has 6 heteroatoms. The fourth-order valence-electron chi connectivity index (χ4n) is 2.17. The summed E-state index contributed by atoms with van der Waals surface area (Å²) in [5.74, 6) is 0.292. The lowest BCUT2D eigenvalue weighted by Gasteiger charge is -2.07. The average molecular weight is 392 g/mol. The van der Waals surface area contributed by atoms with E-state index in [0.29, 0.717) is 18.0 Å². The molecule has 0 spiro atoms. The molecule has 4 nitrogen and oxygen atoms in total. The van der Waals surface area contributed by atoms with Crippen LogP contribution in [0.2, 0.25) is 5.02 Å². The maximum absolute atomic E-state index is 11.7. The molecule has 0 fully saturated rings. The first-order valence-corrected chi connectivity index (χ1v) is 9.86. The van der Waals surface area contributed by atoms with Crippen LogP contribution in [0.4, 0.5) is 0 Å².